The molecular weight excluding hydrogens is 408 g/mol. The number of fused-ring (bicyclic) bond motifs is 1. The first kappa shape index (κ1) is 20.6. The van der Waals surface area contributed by atoms with E-state index in [1.165, 1.54) is 0 Å². The number of anilines is 2. The summed E-state index contributed by atoms with van der Waals surface area (Å²) >= 11 is 0.437. The van der Waals surface area contributed by atoms with Crippen molar-refractivity contribution in [1.82, 2.24) is 14.9 Å². The van der Waals surface area contributed by atoms with Gasteiger partial charge < -0.3 is 15.2 Å². The number of amides is 1. The predicted molar refractivity (Wildman–Crippen MR) is 116 cm³/mol. The van der Waals surface area contributed by atoms with Crippen LogP contribution in [0.1, 0.15) is 6.42 Å². The minimum Gasteiger partial charge on any atom is -0.341 e. The summed E-state index contributed by atoms with van der Waals surface area (Å²) in [6.07, 6.45) is 0.905. The van der Waals surface area contributed by atoms with E-state index in [0.717, 1.165) is 49.6 Å². The second-order valence-electron chi connectivity index (χ2n) is 7.12. The number of para-hydroxylation sites is 3. The highest BCUT2D eigenvalue weighted by Crippen LogP contribution is 2.31. The SMILES string of the molecule is O=C(CN1CCCN(c2nc3ccccc3[nH]2)CC1)Nc1ccccc1SC(F)F. The van der Waals surface area contributed by atoms with E-state index in [4.69, 9.17) is 0 Å². The molecule has 0 atom stereocenters. The molecule has 0 radical (unpaired) electrons. The Labute approximate surface area is 177 Å². The van der Waals surface area contributed by atoms with Crippen LogP contribution in [0.4, 0.5) is 20.4 Å². The van der Waals surface area contributed by atoms with Gasteiger partial charge >= 0.3 is 0 Å². The lowest BCUT2D eigenvalue weighted by Gasteiger charge is -2.21. The molecule has 30 heavy (non-hydrogen) atoms. The number of halogens is 2. The lowest BCUT2D eigenvalue weighted by atomic mass is 10.3. The highest BCUT2D eigenvalue weighted by Gasteiger charge is 2.20. The van der Waals surface area contributed by atoms with E-state index >= 15 is 0 Å². The first-order valence-corrected chi connectivity index (χ1v) is 10.7. The molecule has 0 aliphatic carbocycles. The van der Waals surface area contributed by atoms with E-state index in [-0.39, 0.29) is 12.5 Å². The highest BCUT2D eigenvalue weighted by atomic mass is 32.2. The van der Waals surface area contributed by atoms with Crippen LogP contribution in [-0.2, 0) is 4.79 Å². The molecule has 1 amide bonds. The summed E-state index contributed by atoms with van der Waals surface area (Å²) in [5.41, 5.74) is 2.37. The zero-order chi connectivity index (χ0) is 20.9. The topological polar surface area (TPSA) is 64.3 Å². The Hall–Kier alpha value is -2.65. The zero-order valence-electron chi connectivity index (χ0n) is 16.4. The third-order valence-corrected chi connectivity index (χ3v) is 5.80. The standard InChI is InChI=1S/C21H23F2N5OS/c22-20(23)30-18-9-4-3-8-17(18)24-19(29)14-27-10-5-11-28(13-12-27)21-25-15-6-1-2-7-16(15)26-21/h1-4,6-9,20H,5,10-14H2,(H,24,29)(H,25,26). The number of nitrogens with one attached hydrogen (secondary N) is 2. The van der Waals surface area contributed by atoms with E-state index in [1.54, 1.807) is 24.3 Å². The van der Waals surface area contributed by atoms with Gasteiger partial charge in [0.05, 0.1) is 23.3 Å². The van der Waals surface area contributed by atoms with Gasteiger partial charge in [-0.2, -0.15) is 8.78 Å². The van der Waals surface area contributed by atoms with Crippen LogP contribution >= 0.6 is 11.8 Å². The van der Waals surface area contributed by atoms with Crippen LogP contribution in [0.15, 0.2) is 53.4 Å². The monoisotopic (exact) mass is 431 g/mol. The maximum absolute atomic E-state index is 12.7. The lowest BCUT2D eigenvalue weighted by Crippen LogP contribution is -2.36. The molecule has 4 rings (SSSR count). The fourth-order valence-electron chi connectivity index (χ4n) is 3.59. The van der Waals surface area contributed by atoms with Gasteiger partial charge in [0, 0.05) is 31.1 Å². The molecule has 3 aromatic rings. The number of aromatic nitrogens is 2. The summed E-state index contributed by atoms with van der Waals surface area (Å²) in [5, 5.41) is 2.78. The largest absolute Gasteiger partial charge is 0.341 e. The van der Waals surface area contributed by atoms with Crippen molar-refractivity contribution in [2.24, 2.45) is 0 Å². The third-order valence-electron chi connectivity index (χ3n) is 5.01. The molecule has 1 aliphatic rings. The van der Waals surface area contributed by atoms with Crippen LogP contribution in [0.3, 0.4) is 0 Å². The molecule has 2 N–H and O–H groups in total. The fourth-order valence-corrected chi connectivity index (χ4v) is 4.19. The van der Waals surface area contributed by atoms with E-state index in [2.05, 4.69) is 25.1 Å². The molecule has 1 aliphatic heterocycles. The van der Waals surface area contributed by atoms with E-state index in [1.807, 2.05) is 24.3 Å². The number of nitrogens with zero attached hydrogens (tertiary/aromatic N) is 3. The summed E-state index contributed by atoms with van der Waals surface area (Å²) in [7, 11) is 0. The van der Waals surface area contributed by atoms with Gasteiger partial charge in [-0.1, -0.05) is 36.0 Å². The third kappa shape index (κ3) is 5.09. The van der Waals surface area contributed by atoms with Crippen molar-refractivity contribution in [3.8, 4) is 0 Å². The number of hydrogen-bond acceptors (Lipinski definition) is 5. The van der Waals surface area contributed by atoms with Crippen molar-refractivity contribution >= 4 is 40.3 Å². The Morgan fingerprint density at radius 3 is 2.73 bits per heavy atom. The molecular formula is C21H23F2N5OS. The molecule has 2 heterocycles. The number of carbonyl (C=O) groups excluding carboxylic acids is 1. The van der Waals surface area contributed by atoms with Gasteiger partial charge in [-0.15, -0.1) is 0 Å². The predicted octanol–water partition coefficient (Wildman–Crippen LogP) is 4.03. The fraction of sp³-hybridized carbons (Fsp3) is 0.333. The average molecular weight is 432 g/mol. The van der Waals surface area contributed by atoms with Gasteiger partial charge in [-0.05, 0) is 30.7 Å². The number of aromatic amines is 1. The highest BCUT2D eigenvalue weighted by molar-refractivity contribution is 7.99. The number of carbonyl (C=O) groups is 1. The summed E-state index contributed by atoms with van der Waals surface area (Å²) in [5.74, 6) is -1.88. The molecule has 6 nitrogen and oxygen atoms in total. The molecule has 0 spiro atoms. The minimum atomic E-state index is -2.53. The van der Waals surface area contributed by atoms with E-state index in [9.17, 15) is 13.6 Å². The summed E-state index contributed by atoms with van der Waals surface area (Å²) in [6, 6.07) is 14.6. The molecule has 9 heteroatoms. The molecule has 1 fully saturated rings. The van der Waals surface area contributed by atoms with Gasteiger partial charge in [0.2, 0.25) is 11.9 Å². The normalized spacial score (nSPS) is 15.5. The van der Waals surface area contributed by atoms with Crippen molar-refractivity contribution < 1.29 is 13.6 Å². The molecule has 158 valence electrons. The summed E-state index contributed by atoms with van der Waals surface area (Å²) in [4.78, 5) is 25.2. The summed E-state index contributed by atoms with van der Waals surface area (Å²) in [6.45, 7) is 3.34. The number of benzene rings is 2. The van der Waals surface area contributed by atoms with Crippen LogP contribution < -0.4 is 10.2 Å². The van der Waals surface area contributed by atoms with Crippen LogP contribution in [-0.4, -0.2) is 59.3 Å². The molecule has 0 unspecified atom stereocenters. The van der Waals surface area contributed by atoms with Crippen LogP contribution in [0, 0.1) is 0 Å². The molecule has 1 saturated heterocycles. The van der Waals surface area contributed by atoms with Gasteiger partial charge in [0.25, 0.3) is 5.76 Å². The molecule has 0 bridgehead atoms. The van der Waals surface area contributed by atoms with Gasteiger partial charge in [0.1, 0.15) is 0 Å². The number of imidazole rings is 1. The Morgan fingerprint density at radius 2 is 1.90 bits per heavy atom. The van der Waals surface area contributed by atoms with Crippen LogP contribution in [0.2, 0.25) is 0 Å². The van der Waals surface area contributed by atoms with E-state index in [0.29, 0.717) is 22.3 Å². The van der Waals surface area contributed by atoms with Gasteiger partial charge in [-0.3, -0.25) is 9.69 Å². The van der Waals surface area contributed by atoms with Crippen molar-refractivity contribution in [3.63, 3.8) is 0 Å². The Morgan fingerprint density at radius 1 is 1.10 bits per heavy atom. The Bertz CT molecular complexity index is 979. The number of rotatable bonds is 6. The smallest absolute Gasteiger partial charge is 0.288 e. The van der Waals surface area contributed by atoms with Gasteiger partial charge in [0.15, 0.2) is 0 Å². The van der Waals surface area contributed by atoms with Gasteiger partial charge in [-0.25, -0.2) is 4.98 Å². The Kier molecular flexibility index (Phi) is 6.49. The number of H-pyrrole nitrogens is 1. The van der Waals surface area contributed by atoms with Crippen LogP contribution in [0.25, 0.3) is 11.0 Å². The number of alkyl halides is 2. The van der Waals surface area contributed by atoms with Crippen LogP contribution in [0.5, 0.6) is 0 Å². The first-order chi connectivity index (χ1) is 14.6. The molecule has 1 aromatic heterocycles. The van der Waals surface area contributed by atoms with E-state index < -0.39 is 5.76 Å². The maximum Gasteiger partial charge on any atom is 0.288 e. The second-order valence-corrected chi connectivity index (χ2v) is 8.15. The van der Waals surface area contributed by atoms with Crippen molar-refractivity contribution in [1.29, 1.82) is 0 Å². The first-order valence-electron chi connectivity index (χ1n) is 9.84. The quantitative estimate of drug-likeness (QED) is 0.577. The summed E-state index contributed by atoms with van der Waals surface area (Å²) < 4.78 is 25.5. The minimum absolute atomic E-state index is 0.200. The number of thioether (sulfide) groups is 1. The maximum atomic E-state index is 12.7. The van der Waals surface area contributed by atoms with Crippen molar-refractivity contribution in [2.75, 3.05) is 42.9 Å². The molecule has 0 saturated carbocycles. The Balaban J connectivity index is 1.34. The molecule has 2 aromatic carbocycles. The zero-order valence-corrected chi connectivity index (χ0v) is 17.2. The van der Waals surface area contributed by atoms with Crippen molar-refractivity contribution in [2.45, 2.75) is 17.1 Å². The average Bonchev–Trinajstić information content (AvgIpc) is 3.02. The number of hydrogen-bond donors (Lipinski definition) is 2. The lowest BCUT2D eigenvalue weighted by molar-refractivity contribution is -0.117. The van der Waals surface area contributed by atoms with Crippen molar-refractivity contribution in [3.05, 3.63) is 48.5 Å². The second kappa shape index (κ2) is 9.44.